The zero-order valence-electron chi connectivity index (χ0n) is 16.6. The molecule has 0 bridgehead atoms. The minimum Gasteiger partial charge on any atom is -0.481 e. The summed E-state index contributed by atoms with van der Waals surface area (Å²) in [6, 6.07) is 5.29. The van der Waals surface area contributed by atoms with Gasteiger partial charge in [0.05, 0.1) is 19.3 Å². The number of hydrogen-bond donors (Lipinski definition) is 1. The van der Waals surface area contributed by atoms with Gasteiger partial charge >= 0.3 is 0 Å². The maximum absolute atomic E-state index is 12.6. The first-order chi connectivity index (χ1) is 14.0. The van der Waals surface area contributed by atoms with Crippen LogP contribution in [0.2, 0.25) is 0 Å². The van der Waals surface area contributed by atoms with Gasteiger partial charge in [-0.25, -0.2) is 18.4 Å². The van der Waals surface area contributed by atoms with Crippen molar-refractivity contribution in [2.24, 2.45) is 4.99 Å². The Balaban J connectivity index is 1.60. The molecule has 11 heteroatoms. The van der Waals surface area contributed by atoms with Gasteiger partial charge in [0.2, 0.25) is 15.9 Å². The topological polar surface area (TPSA) is 113 Å². The maximum Gasteiger partial charge on any atom is 0.220 e. The Morgan fingerprint density at radius 2 is 2.07 bits per heavy atom. The van der Waals surface area contributed by atoms with E-state index in [-0.39, 0.29) is 5.75 Å². The Kier molecular flexibility index (Phi) is 7.04. The third-order valence-corrected chi connectivity index (χ3v) is 6.32. The molecule has 1 aliphatic rings. The minimum atomic E-state index is -3.43. The number of methoxy groups -OCH3 is 1. The number of rotatable bonds is 7. The Labute approximate surface area is 170 Å². The summed E-state index contributed by atoms with van der Waals surface area (Å²) >= 11 is 0. The molecule has 0 amide bonds. The smallest absolute Gasteiger partial charge is 0.220 e. The lowest BCUT2D eigenvalue weighted by Crippen LogP contribution is -2.53. The summed E-state index contributed by atoms with van der Waals surface area (Å²) in [6.45, 7) is 5.12. The van der Waals surface area contributed by atoms with Crippen molar-refractivity contribution < 1.29 is 17.7 Å². The van der Waals surface area contributed by atoms with E-state index < -0.39 is 10.0 Å². The van der Waals surface area contributed by atoms with Crippen LogP contribution < -0.4 is 10.1 Å². The normalized spacial score (nSPS) is 16.1. The highest BCUT2D eigenvalue weighted by Crippen LogP contribution is 2.13. The van der Waals surface area contributed by atoms with E-state index in [0.717, 1.165) is 18.1 Å². The fourth-order valence-corrected chi connectivity index (χ4v) is 4.41. The van der Waals surface area contributed by atoms with Crippen LogP contribution in [0.3, 0.4) is 0 Å². The fraction of sp³-hybridized carbons (Fsp3) is 0.500. The molecule has 1 N–H and O–H groups in total. The summed E-state index contributed by atoms with van der Waals surface area (Å²) in [7, 11) is -1.85. The molecular formula is C18H26N6O4S. The van der Waals surface area contributed by atoms with Gasteiger partial charge in [-0.1, -0.05) is 11.2 Å². The van der Waals surface area contributed by atoms with E-state index in [1.165, 1.54) is 10.6 Å². The first kappa shape index (κ1) is 21.1. The third-order valence-electron chi connectivity index (χ3n) is 4.51. The van der Waals surface area contributed by atoms with Crippen molar-refractivity contribution in [2.75, 3.05) is 39.8 Å². The highest BCUT2D eigenvalue weighted by Gasteiger charge is 2.28. The van der Waals surface area contributed by atoms with Gasteiger partial charge in [0, 0.05) is 51.1 Å². The van der Waals surface area contributed by atoms with Gasteiger partial charge < -0.3 is 19.5 Å². The van der Waals surface area contributed by atoms with Crippen molar-refractivity contribution in [2.45, 2.75) is 19.2 Å². The summed E-state index contributed by atoms with van der Waals surface area (Å²) in [5.74, 6) is 1.17. The second-order valence-corrected chi connectivity index (χ2v) is 8.48. The van der Waals surface area contributed by atoms with Gasteiger partial charge in [-0.2, -0.15) is 4.31 Å². The van der Waals surface area contributed by atoms with E-state index in [0.29, 0.717) is 44.3 Å². The lowest BCUT2D eigenvalue weighted by Gasteiger charge is -2.35. The summed E-state index contributed by atoms with van der Waals surface area (Å²) < 4.78 is 36.4. The highest BCUT2D eigenvalue weighted by atomic mass is 32.2. The van der Waals surface area contributed by atoms with Gasteiger partial charge in [-0.05, 0) is 12.5 Å². The number of nitrogens with one attached hydrogen (secondary N) is 1. The second kappa shape index (κ2) is 9.70. The zero-order chi connectivity index (χ0) is 20.7. The Bertz CT molecular complexity index is 891. The quantitative estimate of drug-likeness (QED) is 0.512. The first-order valence-electron chi connectivity index (χ1n) is 9.41. The lowest BCUT2D eigenvalue weighted by atomic mass is 10.3. The van der Waals surface area contributed by atoms with Crippen LogP contribution in [0.15, 0.2) is 40.2 Å². The molecule has 0 spiro atoms. The Morgan fingerprint density at radius 3 is 2.66 bits per heavy atom. The average molecular weight is 423 g/mol. The molecule has 10 nitrogen and oxygen atoms in total. The molecule has 158 valence electrons. The molecule has 29 heavy (non-hydrogen) atoms. The molecule has 1 aliphatic heterocycles. The molecule has 0 unspecified atom stereocenters. The van der Waals surface area contributed by atoms with E-state index in [4.69, 9.17) is 9.26 Å². The van der Waals surface area contributed by atoms with Crippen molar-refractivity contribution in [3.8, 4) is 5.88 Å². The van der Waals surface area contributed by atoms with Crippen LogP contribution in [0.5, 0.6) is 5.88 Å². The monoisotopic (exact) mass is 422 g/mol. The number of nitrogens with zero attached hydrogens (tertiary/aromatic N) is 5. The number of ether oxygens (including phenoxy) is 1. The lowest BCUT2D eigenvalue weighted by molar-refractivity contribution is 0.259. The van der Waals surface area contributed by atoms with Crippen molar-refractivity contribution >= 4 is 16.0 Å². The van der Waals surface area contributed by atoms with Gasteiger partial charge in [-0.15, -0.1) is 0 Å². The third kappa shape index (κ3) is 5.67. The van der Waals surface area contributed by atoms with Gasteiger partial charge in [-0.3, -0.25) is 0 Å². The summed E-state index contributed by atoms with van der Waals surface area (Å²) in [5, 5.41) is 6.97. The van der Waals surface area contributed by atoms with E-state index in [9.17, 15) is 8.42 Å². The Morgan fingerprint density at radius 1 is 1.28 bits per heavy atom. The second-order valence-electron chi connectivity index (χ2n) is 6.51. The number of aliphatic imine (C=N–C) groups is 1. The molecule has 0 atom stereocenters. The van der Waals surface area contributed by atoms with E-state index >= 15 is 0 Å². The number of aromatic nitrogens is 2. The SMILES string of the molecule is CCNC(=NCc1ccc(OC)nc1)N1CCN(S(=O)(=O)Cc2ccon2)CC1. The van der Waals surface area contributed by atoms with Crippen LogP contribution in [-0.4, -0.2) is 73.6 Å². The van der Waals surface area contributed by atoms with Crippen molar-refractivity contribution in [1.82, 2.24) is 24.7 Å². The molecule has 1 saturated heterocycles. The average Bonchev–Trinajstić information content (AvgIpc) is 3.24. The summed E-state index contributed by atoms with van der Waals surface area (Å²) in [4.78, 5) is 10.9. The number of hydrogen-bond acceptors (Lipinski definition) is 7. The van der Waals surface area contributed by atoms with E-state index in [1.54, 1.807) is 25.4 Å². The predicted molar refractivity (Wildman–Crippen MR) is 108 cm³/mol. The van der Waals surface area contributed by atoms with Gasteiger partial charge in [0.25, 0.3) is 0 Å². The molecule has 3 rings (SSSR count). The molecular weight excluding hydrogens is 396 g/mol. The standard InChI is InChI=1S/C18H26N6O4S/c1-3-19-18(21-13-15-4-5-17(27-2)20-12-15)23-7-9-24(10-8-23)29(25,26)14-16-6-11-28-22-16/h4-6,11-12H,3,7-10,13-14H2,1-2H3,(H,19,21). The summed E-state index contributed by atoms with van der Waals surface area (Å²) in [6.07, 6.45) is 3.11. The largest absolute Gasteiger partial charge is 0.481 e. The Hall–Kier alpha value is -2.66. The van der Waals surface area contributed by atoms with Crippen molar-refractivity contribution in [3.05, 3.63) is 41.9 Å². The van der Waals surface area contributed by atoms with Crippen LogP contribution >= 0.6 is 0 Å². The molecule has 0 aliphatic carbocycles. The van der Waals surface area contributed by atoms with Crippen LogP contribution in [0.4, 0.5) is 0 Å². The molecule has 3 heterocycles. The number of guanidine groups is 1. The number of piperazine rings is 1. The molecule has 0 radical (unpaired) electrons. The molecule has 1 fully saturated rings. The number of sulfonamides is 1. The van der Waals surface area contributed by atoms with Crippen LogP contribution in [0.1, 0.15) is 18.2 Å². The summed E-state index contributed by atoms with van der Waals surface area (Å²) in [5.41, 5.74) is 1.38. The van der Waals surface area contributed by atoms with E-state index in [2.05, 4.69) is 25.3 Å². The molecule has 0 aromatic carbocycles. The number of pyridine rings is 1. The van der Waals surface area contributed by atoms with Crippen molar-refractivity contribution in [3.63, 3.8) is 0 Å². The van der Waals surface area contributed by atoms with Gasteiger partial charge in [0.1, 0.15) is 12.0 Å². The predicted octanol–water partition coefficient (Wildman–Crippen LogP) is 0.691. The van der Waals surface area contributed by atoms with Crippen LogP contribution in [0.25, 0.3) is 0 Å². The van der Waals surface area contributed by atoms with Crippen molar-refractivity contribution in [1.29, 1.82) is 0 Å². The van der Waals surface area contributed by atoms with Crippen LogP contribution in [0, 0.1) is 0 Å². The highest BCUT2D eigenvalue weighted by molar-refractivity contribution is 7.88. The van der Waals surface area contributed by atoms with Gasteiger partial charge in [0.15, 0.2) is 5.96 Å². The van der Waals surface area contributed by atoms with E-state index in [1.807, 2.05) is 13.0 Å². The minimum absolute atomic E-state index is 0.151. The van der Waals surface area contributed by atoms with Crippen LogP contribution in [-0.2, 0) is 22.3 Å². The molecule has 0 saturated carbocycles. The first-order valence-corrected chi connectivity index (χ1v) is 11.0. The molecule has 2 aromatic heterocycles. The maximum atomic E-state index is 12.6. The molecule has 2 aromatic rings. The zero-order valence-corrected chi connectivity index (χ0v) is 17.4. The fourth-order valence-electron chi connectivity index (χ4n) is 2.99.